The van der Waals surface area contributed by atoms with Crippen molar-refractivity contribution in [2.24, 2.45) is 5.92 Å². The van der Waals surface area contributed by atoms with E-state index >= 15 is 0 Å². The monoisotopic (exact) mass is 394 g/mol. The first-order valence-electron chi connectivity index (χ1n) is 8.72. The van der Waals surface area contributed by atoms with E-state index in [1.54, 1.807) is 17.2 Å². The number of aromatic nitrogens is 2. The van der Waals surface area contributed by atoms with Gasteiger partial charge in [0.05, 0.1) is 12.8 Å². The fourth-order valence-electron chi connectivity index (χ4n) is 3.53. The average molecular weight is 395 g/mol. The van der Waals surface area contributed by atoms with Crippen LogP contribution >= 0.6 is 23.2 Å². The van der Waals surface area contributed by atoms with Gasteiger partial charge in [-0.15, -0.1) is 0 Å². The molecule has 1 aromatic carbocycles. The Kier molecular flexibility index (Phi) is 5.07. The Bertz CT molecular complexity index is 818. The van der Waals surface area contributed by atoms with Gasteiger partial charge in [0, 0.05) is 48.3 Å². The molecule has 138 valence electrons. The van der Waals surface area contributed by atoms with Crippen LogP contribution in [0.15, 0.2) is 24.4 Å². The van der Waals surface area contributed by atoms with E-state index in [-0.39, 0.29) is 6.03 Å². The number of carbonyl (C=O) groups excluding carboxylic acids is 1. The Morgan fingerprint density at radius 1 is 1.38 bits per heavy atom. The zero-order valence-corrected chi connectivity index (χ0v) is 15.8. The summed E-state index contributed by atoms with van der Waals surface area (Å²) < 4.78 is 7.25. The highest BCUT2D eigenvalue weighted by atomic mass is 35.5. The molecule has 26 heavy (non-hydrogen) atoms. The molecule has 4 rings (SSSR count). The summed E-state index contributed by atoms with van der Waals surface area (Å²) in [5, 5.41) is 8.57. The summed E-state index contributed by atoms with van der Waals surface area (Å²) in [5.41, 5.74) is 2.08. The fourth-order valence-corrected chi connectivity index (χ4v) is 4.16. The molecule has 1 unspecified atom stereocenters. The number of anilines is 1. The van der Waals surface area contributed by atoms with Crippen molar-refractivity contribution in [2.75, 3.05) is 25.1 Å². The molecular formula is C18H20Cl2N4O2. The van der Waals surface area contributed by atoms with Gasteiger partial charge in [-0.05, 0) is 36.1 Å². The third-order valence-electron chi connectivity index (χ3n) is 4.94. The number of hydrogen-bond donors (Lipinski definition) is 1. The molecule has 0 spiro atoms. The summed E-state index contributed by atoms with van der Waals surface area (Å²) in [5.74, 6) is 1.15. The SMILES string of the molecule is O=C(Nc1ccnn1CC1CCOC1)N1CCc2c(Cl)cc(Cl)cc2C1. The molecule has 0 saturated carbocycles. The van der Waals surface area contributed by atoms with Gasteiger partial charge in [0.2, 0.25) is 0 Å². The van der Waals surface area contributed by atoms with Crippen LogP contribution in [0.1, 0.15) is 17.5 Å². The molecule has 1 fully saturated rings. The number of amides is 2. The molecule has 6 nitrogen and oxygen atoms in total. The molecule has 2 aromatic rings. The number of urea groups is 1. The van der Waals surface area contributed by atoms with E-state index in [4.69, 9.17) is 27.9 Å². The van der Waals surface area contributed by atoms with Crippen LogP contribution in [0.25, 0.3) is 0 Å². The van der Waals surface area contributed by atoms with E-state index in [1.807, 2.05) is 16.8 Å². The molecule has 2 aliphatic heterocycles. The normalized spacial score (nSPS) is 19.5. The Morgan fingerprint density at radius 3 is 3.08 bits per heavy atom. The van der Waals surface area contributed by atoms with Crippen LogP contribution in [0.4, 0.5) is 10.6 Å². The molecule has 1 aromatic heterocycles. The number of fused-ring (bicyclic) bond motifs is 1. The van der Waals surface area contributed by atoms with Crippen LogP contribution in [0, 0.1) is 5.92 Å². The van der Waals surface area contributed by atoms with Gasteiger partial charge >= 0.3 is 6.03 Å². The number of benzene rings is 1. The second-order valence-corrected chi connectivity index (χ2v) is 7.60. The molecule has 1 saturated heterocycles. The first kappa shape index (κ1) is 17.6. The van der Waals surface area contributed by atoms with Gasteiger partial charge < -0.3 is 9.64 Å². The van der Waals surface area contributed by atoms with Crippen molar-refractivity contribution >= 4 is 35.1 Å². The first-order chi connectivity index (χ1) is 12.6. The number of ether oxygens (including phenoxy) is 1. The molecule has 2 amide bonds. The Labute approximate surface area is 162 Å². The van der Waals surface area contributed by atoms with Crippen molar-refractivity contribution in [1.29, 1.82) is 0 Å². The average Bonchev–Trinajstić information content (AvgIpc) is 3.27. The maximum absolute atomic E-state index is 12.7. The van der Waals surface area contributed by atoms with Gasteiger partial charge in [0.15, 0.2) is 0 Å². The summed E-state index contributed by atoms with van der Waals surface area (Å²) in [4.78, 5) is 14.5. The van der Waals surface area contributed by atoms with Crippen LogP contribution in [0.3, 0.4) is 0 Å². The van der Waals surface area contributed by atoms with E-state index in [1.165, 1.54) is 0 Å². The minimum atomic E-state index is -0.142. The lowest BCUT2D eigenvalue weighted by atomic mass is 10.00. The van der Waals surface area contributed by atoms with Crippen LogP contribution in [-0.2, 0) is 24.2 Å². The molecular weight excluding hydrogens is 375 g/mol. The number of nitrogens with zero attached hydrogens (tertiary/aromatic N) is 3. The highest BCUT2D eigenvalue weighted by Crippen LogP contribution is 2.30. The van der Waals surface area contributed by atoms with Crippen LogP contribution < -0.4 is 5.32 Å². The van der Waals surface area contributed by atoms with Crippen molar-refractivity contribution in [1.82, 2.24) is 14.7 Å². The minimum Gasteiger partial charge on any atom is -0.381 e. The second-order valence-electron chi connectivity index (χ2n) is 6.76. The third kappa shape index (κ3) is 3.68. The van der Waals surface area contributed by atoms with E-state index in [0.717, 1.165) is 43.7 Å². The maximum atomic E-state index is 12.7. The topological polar surface area (TPSA) is 59.4 Å². The van der Waals surface area contributed by atoms with Crippen molar-refractivity contribution in [2.45, 2.75) is 25.9 Å². The van der Waals surface area contributed by atoms with Crippen molar-refractivity contribution in [3.05, 3.63) is 45.6 Å². The number of halogens is 2. The third-order valence-corrected chi connectivity index (χ3v) is 5.49. The molecule has 0 aliphatic carbocycles. The Morgan fingerprint density at radius 2 is 2.27 bits per heavy atom. The van der Waals surface area contributed by atoms with Crippen LogP contribution in [0.2, 0.25) is 10.0 Å². The highest BCUT2D eigenvalue weighted by Gasteiger charge is 2.24. The minimum absolute atomic E-state index is 0.142. The summed E-state index contributed by atoms with van der Waals surface area (Å²) in [6.07, 6.45) is 3.45. The van der Waals surface area contributed by atoms with E-state index in [2.05, 4.69) is 10.4 Å². The zero-order valence-electron chi connectivity index (χ0n) is 14.3. The van der Waals surface area contributed by atoms with Gasteiger partial charge in [-0.2, -0.15) is 5.10 Å². The summed E-state index contributed by atoms with van der Waals surface area (Å²) in [6, 6.07) is 5.31. The van der Waals surface area contributed by atoms with E-state index < -0.39 is 0 Å². The van der Waals surface area contributed by atoms with Gasteiger partial charge in [-0.3, -0.25) is 5.32 Å². The van der Waals surface area contributed by atoms with Gasteiger partial charge in [0.25, 0.3) is 0 Å². The lowest BCUT2D eigenvalue weighted by Crippen LogP contribution is -2.39. The van der Waals surface area contributed by atoms with Crippen molar-refractivity contribution in [3.8, 4) is 0 Å². The zero-order chi connectivity index (χ0) is 18.1. The Balaban J connectivity index is 1.43. The van der Waals surface area contributed by atoms with Crippen molar-refractivity contribution < 1.29 is 9.53 Å². The largest absolute Gasteiger partial charge is 0.381 e. The number of carbonyl (C=O) groups is 1. The number of hydrogen-bond acceptors (Lipinski definition) is 3. The molecule has 1 N–H and O–H groups in total. The lowest BCUT2D eigenvalue weighted by Gasteiger charge is -2.29. The molecule has 0 radical (unpaired) electrons. The predicted molar refractivity (Wildman–Crippen MR) is 101 cm³/mol. The molecule has 8 heteroatoms. The smallest absolute Gasteiger partial charge is 0.323 e. The molecule has 1 atom stereocenters. The summed E-state index contributed by atoms with van der Waals surface area (Å²) in [6.45, 7) is 3.40. The standard InChI is InChI=1S/C18H20Cl2N4O2/c19-14-7-13-10-23(5-2-15(13)16(20)8-14)18(25)22-17-1-4-21-24(17)9-12-3-6-26-11-12/h1,4,7-8,12H,2-3,5-6,9-11H2,(H,22,25). The number of nitrogens with one attached hydrogen (secondary N) is 1. The predicted octanol–water partition coefficient (Wildman–Crippen LogP) is 3.82. The van der Waals surface area contributed by atoms with Gasteiger partial charge in [-0.25, -0.2) is 9.48 Å². The quantitative estimate of drug-likeness (QED) is 0.860. The molecule has 0 bridgehead atoms. The van der Waals surface area contributed by atoms with Gasteiger partial charge in [0.1, 0.15) is 5.82 Å². The van der Waals surface area contributed by atoms with E-state index in [9.17, 15) is 4.79 Å². The summed E-state index contributed by atoms with van der Waals surface area (Å²) in [7, 11) is 0. The lowest BCUT2D eigenvalue weighted by molar-refractivity contribution is 0.181. The second kappa shape index (κ2) is 7.47. The molecule has 3 heterocycles. The van der Waals surface area contributed by atoms with Crippen LogP contribution in [-0.4, -0.2) is 40.5 Å². The fraction of sp³-hybridized carbons (Fsp3) is 0.444. The van der Waals surface area contributed by atoms with Crippen LogP contribution in [0.5, 0.6) is 0 Å². The van der Waals surface area contributed by atoms with Gasteiger partial charge in [-0.1, -0.05) is 23.2 Å². The highest BCUT2D eigenvalue weighted by molar-refractivity contribution is 6.35. The maximum Gasteiger partial charge on any atom is 0.323 e. The number of rotatable bonds is 3. The summed E-state index contributed by atoms with van der Waals surface area (Å²) >= 11 is 12.4. The first-order valence-corrected chi connectivity index (χ1v) is 9.48. The van der Waals surface area contributed by atoms with E-state index in [0.29, 0.717) is 34.9 Å². The molecule has 2 aliphatic rings. The van der Waals surface area contributed by atoms with Crippen molar-refractivity contribution in [3.63, 3.8) is 0 Å². The Hall–Kier alpha value is -1.76.